The molecule has 1 aliphatic rings. The number of hydrogen-bond donors (Lipinski definition) is 0. The molecule has 0 spiro atoms. The molecule has 1 fully saturated rings. The lowest BCUT2D eigenvalue weighted by molar-refractivity contribution is -0.0340. The van der Waals surface area contributed by atoms with Crippen molar-refractivity contribution in [3.05, 3.63) is 30.1 Å². The van der Waals surface area contributed by atoms with Crippen LogP contribution in [0.3, 0.4) is 0 Å². The summed E-state index contributed by atoms with van der Waals surface area (Å²) >= 11 is 0. The van der Waals surface area contributed by atoms with E-state index in [1.54, 1.807) is 11.1 Å². The second kappa shape index (κ2) is 5.57. The predicted octanol–water partition coefficient (Wildman–Crippen LogP) is 2.39. The van der Waals surface area contributed by atoms with Gasteiger partial charge in [-0.1, -0.05) is 6.07 Å². The van der Waals surface area contributed by atoms with Crippen LogP contribution in [-0.2, 0) is 9.47 Å². The molecular formula is C14H20N2O3. The number of amides is 1. The molecule has 1 aliphatic heterocycles. The second-order valence-corrected chi connectivity index (χ2v) is 5.52. The molecule has 2 heterocycles. The topological polar surface area (TPSA) is 51.7 Å². The summed E-state index contributed by atoms with van der Waals surface area (Å²) in [7, 11) is 0. The molecule has 1 aromatic heterocycles. The summed E-state index contributed by atoms with van der Waals surface area (Å²) in [5.74, 6) is 0. The van der Waals surface area contributed by atoms with Gasteiger partial charge in [0.05, 0.1) is 18.9 Å². The zero-order chi connectivity index (χ0) is 13.9. The normalized spacial score (nSPS) is 20.2. The van der Waals surface area contributed by atoms with Crippen LogP contribution in [0.2, 0.25) is 0 Å². The van der Waals surface area contributed by atoms with E-state index in [1.165, 1.54) is 0 Å². The van der Waals surface area contributed by atoms with E-state index in [1.807, 2.05) is 39.0 Å². The predicted molar refractivity (Wildman–Crippen MR) is 70.7 cm³/mol. The van der Waals surface area contributed by atoms with Gasteiger partial charge in [-0.15, -0.1) is 0 Å². The van der Waals surface area contributed by atoms with Crippen LogP contribution in [0.5, 0.6) is 0 Å². The first-order valence-corrected chi connectivity index (χ1v) is 6.46. The molecule has 5 heteroatoms. The Balaban J connectivity index is 2.15. The van der Waals surface area contributed by atoms with E-state index in [9.17, 15) is 4.79 Å². The van der Waals surface area contributed by atoms with Crippen molar-refractivity contribution in [3.63, 3.8) is 0 Å². The quantitative estimate of drug-likeness (QED) is 0.781. The summed E-state index contributed by atoms with van der Waals surface area (Å²) in [5.41, 5.74) is 0.331. The average molecular weight is 264 g/mol. The van der Waals surface area contributed by atoms with Crippen molar-refractivity contribution in [2.45, 2.75) is 32.4 Å². The molecule has 0 radical (unpaired) electrons. The lowest BCUT2D eigenvalue weighted by Crippen LogP contribution is -2.45. The SMILES string of the molecule is CC(C)(C)OC(=O)N1CCOCC1c1ccccn1. The number of pyridine rings is 1. The number of ether oxygens (including phenoxy) is 2. The smallest absolute Gasteiger partial charge is 0.411 e. The number of hydrogen-bond acceptors (Lipinski definition) is 4. The molecule has 1 amide bonds. The highest BCUT2D eigenvalue weighted by atomic mass is 16.6. The fraction of sp³-hybridized carbons (Fsp3) is 0.571. The maximum atomic E-state index is 12.2. The molecule has 1 saturated heterocycles. The van der Waals surface area contributed by atoms with Crippen LogP contribution in [0.1, 0.15) is 32.5 Å². The molecule has 0 saturated carbocycles. The zero-order valence-corrected chi connectivity index (χ0v) is 11.6. The molecule has 1 atom stereocenters. The Hall–Kier alpha value is -1.62. The number of morpholine rings is 1. The third-order valence-electron chi connectivity index (χ3n) is 2.79. The number of carbonyl (C=O) groups excluding carboxylic acids is 1. The lowest BCUT2D eigenvalue weighted by Gasteiger charge is -2.36. The molecule has 2 rings (SSSR count). The van der Waals surface area contributed by atoms with E-state index in [0.717, 1.165) is 5.69 Å². The van der Waals surface area contributed by atoms with Crippen LogP contribution in [0.4, 0.5) is 4.79 Å². The third kappa shape index (κ3) is 3.67. The van der Waals surface area contributed by atoms with E-state index in [0.29, 0.717) is 19.8 Å². The standard InChI is InChI=1S/C14H20N2O3/c1-14(2,3)19-13(17)16-8-9-18-10-12(16)11-6-4-5-7-15-11/h4-7,12H,8-10H2,1-3H3. The van der Waals surface area contributed by atoms with Gasteiger partial charge in [0.2, 0.25) is 0 Å². The molecule has 0 bridgehead atoms. The van der Waals surface area contributed by atoms with Crippen molar-refractivity contribution < 1.29 is 14.3 Å². The largest absolute Gasteiger partial charge is 0.444 e. The summed E-state index contributed by atoms with van der Waals surface area (Å²) in [5, 5.41) is 0. The van der Waals surface area contributed by atoms with Crippen molar-refractivity contribution in [2.75, 3.05) is 19.8 Å². The van der Waals surface area contributed by atoms with E-state index in [2.05, 4.69) is 4.98 Å². The molecule has 5 nitrogen and oxygen atoms in total. The molecule has 104 valence electrons. The first kappa shape index (κ1) is 13.8. The monoisotopic (exact) mass is 264 g/mol. The number of aromatic nitrogens is 1. The second-order valence-electron chi connectivity index (χ2n) is 5.52. The highest BCUT2D eigenvalue weighted by molar-refractivity contribution is 5.69. The molecular weight excluding hydrogens is 244 g/mol. The van der Waals surface area contributed by atoms with Crippen molar-refractivity contribution in [3.8, 4) is 0 Å². The fourth-order valence-electron chi connectivity index (χ4n) is 1.96. The molecule has 0 aliphatic carbocycles. The number of rotatable bonds is 1. The van der Waals surface area contributed by atoms with Crippen LogP contribution in [0, 0.1) is 0 Å². The molecule has 0 N–H and O–H groups in total. The summed E-state index contributed by atoms with van der Waals surface area (Å²) in [6.45, 7) is 7.10. The molecule has 1 unspecified atom stereocenters. The van der Waals surface area contributed by atoms with Gasteiger partial charge in [0, 0.05) is 12.7 Å². The van der Waals surface area contributed by atoms with Crippen molar-refractivity contribution in [1.82, 2.24) is 9.88 Å². The van der Waals surface area contributed by atoms with Crippen LogP contribution in [0.15, 0.2) is 24.4 Å². The Morgan fingerprint density at radius 1 is 1.47 bits per heavy atom. The van der Waals surface area contributed by atoms with Crippen LogP contribution < -0.4 is 0 Å². The van der Waals surface area contributed by atoms with Crippen molar-refractivity contribution in [1.29, 1.82) is 0 Å². The van der Waals surface area contributed by atoms with Gasteiger partial charge in [0.15, 0.2) is 0 Å². The Bertz CT molecular complexity index is 428. The van der Waals surface area contributed by atoms with Crippen LogP contribution in [0.25, 0.3) is 0 Å². The minimum absolute atomic E-state index is 0.176. The van der Waals surface area contributed by atoms with Gasteiger partial charge in [-0.05, 0) is 32.9 Å². The first-order chi connectivity index (χ1) is 8.97. The van der Waals surface area contributed by atoms with Crippen molar-refractivity contribution >= 4 is 6.09 Å². The average Bonchev–Trinajstić information content (AvgIpc) is 2.38. The zero-order valence-electron chi connectivity index (χ0n) is 11.6. The minimum atomic E-state index is -0.496. The first-order valence-electron chi connectivity index (χ1n) is 6.46. The molecule has 0 aromatic carbocycles. The maximum absolute atomic E-state index is 12.2. The Labute approximate surface area is 113 Å². The highest BCUT2D eigenvalue weighted by Crippen LogP contribution is 2.24. The van der Waals surface area contributed by atoms with E-state index < -0.39 is 5.60 Å². The van der Waals surface area contributed by atoms with Gasteiger partial charge in [-0.2, -0.15) is 0 Å². The Morgan fingerprint density at radius 2 is 2.26 bits per heavy atom. The van der Waals surface area contributed by atoms with Crippen molar-refractivity contribution in [2.24, 2.45) is 0 Å². The molecule has 1 aromatic rings. The van der Waals surface area contributed by atoms with E-state index in [4.69, 9.17) is 9.47 Å². The maximum Gasteiger partial charge on any atom is 0.411 e. The fourth-order valence-corrected chi connectivity index (χ4v) is 1.96. The van der Waals surface area contributed by atoms with E-state index >= 15 is 0 Å². The van der Waals surface area contributed by atoms with Gasteiger partial charge < -0.3 is 9.47 Å². The van der Waals surface area contributed by atoms with Gasteiger partial charge in [0.1, 0.15) is 11.6 Å². The van der Waals surface area contributed by atoms with Gasteiger partial charge >= 0.3 is 6.09 Å². The summed E-state index contributed by atoms with van der Waals surface area (Å²) < 4.78 is 10.9. The van der Waals surface area contributed by atoms with Gasteiger partial charge in [0.25, 0.3) is 0 Å². The summed E-state index contributed by atoms with van der Waals surface area (Å²) in [4.78, 5) is 18.2. The Kier molecular flexibility index (Phi) is 4.04. The lowest BCUT2D eigenvalue weighted by atomic mass is 10.1. The van der Waals surface area contributed by atoms with Crippen LogP contribution in [-0.4, -0.2) is 41.3 Å². The van der Waals surface area contributed by atoms with Gasteiger partial charge in [-0.25, -0.2) is 4.79 Å². The number of nitrogens with zero attached hydrogens (tertiary/aromatic N) is 2. The summed E-state index contributed by atoms with van der Waals surface area (Å²) in [6.07, 6.45) is 1.41. The Morgan fingerprint density at radius 3 is 2.89 bits per heavy atom. The summed E-state index contributed by atoms with van der Waals surface area (Å²) in [6, 6.07) is 5.48. The van der Waals surface area contributed by atoms with Gasteiger partial charge in [-0.3, -0.25) is 9.88 Å². The van der Waals surface area contributed by atoms with E-state index in [-0.39, 0.29) is 12.1 Å². The number of carbonyl (C=O) groups is 1. The molecule has 19 heavy (non-hydrogen) atoms. The minimum Gasteiger partial charge on any atom is -0.444 e. The van der Waals surface area contributed by atoms with Crippen LogP contribution >= 0.6 is 0 Å². The highest BCUT2D eigenvalue weighted by Gasteiger charge is 2.32. The third-order valence-corrected chi connectivity index (χ3v) is 2.79.